The fraction of sp³-hybridized carbons (Fsp3) is 0.429. The molecule has 1 aromatic carbocycles. The maximum absolute atomic E-state index is 13.2. The van der Waals surface area contributed by atoms with E-state index in [4.69, 9.17) is 0 Å². The third-order valence-corrected chi connectivity index (χ3v) is 5.60. The van der Waals surface area contributed by atoms with Crippen LogP contribution in [0.4, 0.5) is 5.69 Å². The summed E-state index contributed by atoms with van der Waals surface area (Å²) in [6.07, 6.45) is 2.03. The molecule has 4 rings (SSSR count). The topological polar surface area (TPSA) is 126 Å². The minimum atomic E-state index is -1.00. The molecule has 1 fully saturated rings. The lowest BCUT2D eigenvalue weighted by Crippen LogP contribution is -2.54. The van der Waals surface area contributed by atoms with Crippen LogP contribution in [0.3, 0.4) is 0 Å². The van der Waals surface area contributed by atoms with Crippen LogP contribution in [0, 0.1) is 0 Å². The second kappa shape index (κ2) is 7.29. The summed E-state index contributed by atoms with van der Waals surface area (Å²) >= 11 is 0. The van der Waals surface area contributed by atoms with Crippen LogP contribution in [-0.2, 0) is 15.1 Å². The number of nitrogens with zero attached hydrogens (tertiary/aromatic N) is 4. The van der Waals surface area contributed by atoms with Crippen molar-refractivity contribution < 1.29 is 19.2 Å². The summed E-state index contributed by atoms with van der Waals surface area (Å²) in [5.41, 5.74) is 0.892. The Bertz CT molecular complexity index is 1100. The van der Waals surface area contributed by atoms with Gasteiger partial charge in [-0.1, -0.05) is 11.3 Å². The number of nitrogens with one attached hydrogen (secondary N) is 2. The van der Waals surface area contributed by atoms with Crippen LogP contribution in [0.2, 0.25) is 0 Å². The number of hydrogen-bond donors (Lipinski definition) is 2. The van der Waals surface area contributed by atoms with Crippen LogP contribution < -0.4 is 10.6 Å². The molecule has 0 saturated carbocycles. The molecule has 10 nitrogen and oxygen atoms in total. The number of imide groups is 2. The first kappa shape index (κ1) is 20.7. The Kier molecular flexibility index (Phi) is 4.87. The first-order chi connectivity index (χ1) is 14.6. The Morgan fingerprint density at radius 2 is 1.90 bits per heavy atom. The predicted octanol–water partition coefficient (Wildman–Crippen LogP) is 1.61. The zero-order valence-corrected chi connectivity index (χ0v) is 17.8. The van der Waals surface area contributed by atoms with Crippen molar-refractivity contribution in [2.75, 3.05) is 5.32 Å². The summed E-state index contributed by atoms with van der Waals surface area (Å²) in [6, 6.07) is 4.11. The predicted molar refractivity (Wildman–Crippen MR) is 110 cm³/mol. The van der Waals surface area contributed by atoms with Crippen LogP contribution in [0.5, 0.6) is 0 Å². The first-order valence-corrected chi connectivity index (χ1v) is 10.1. The van der Waals surface area contributed by atoms with Gasteiger partial charge in [0.15, 0.2) is 0 Å². The molecule has 2 aliphatic rings. The Morgan fingerprint density at radius 3 is 2.55 bits per heavy atom. The van der Waals surface area contributed by atoms with E-state index in [-0.39, 0.29) is 30.0 Å². The number of carbonyl (C=O) groups is 4. The number of fused-ring (bicyclic) bond motifs is 1. The summed E-state index contributed by atoms with van der Waals surface area (Å²) in [5, 5.41) is 13.9. The monoisotopic (exact) mass is 424 g/mol. The highest BCUT2D eigenvalue weighted by Crippen LogP contribution is 2.35. The number of aromatic nitrogens is 3. The molecule has 0 spiro atoms. The molecule has 1 unspecified atom stereocenters. The van der Waals surface area contributed by atoms with E-state index in [9.17, 15) is 19.2 Å². The average Bonchev–Trinajstić information content (AvgIpc) is 3.28. The van der Waals surface area contributed by atoms with Gasteiger partial charge in [0.2, 0.25) is 11.8 Å². The molecule has 2 N–H and O–H groups in total. The normalized spacial score (nSPS) is 19.1. The molecular formula is C21H24N6O4. The van der Waals surface area contributed by atoms with E-state index >= 15 is 0 Å². The molecule has 162 valence electrons. The fourth-order valence-corrected chi connectivity index (χ4v) is 3.84. The smallest absolute Gasteiger partial charge is 0.264 e. The number of benzene rings is 1. The molecule has 1 atom stereocenters. The maximum atomic E-state index is 13.2. The number of hydrogen-bond acceptors (Lipinski definition) is 7. The Morgan fingerprint density at radius 1 is 1.16 bits per heavy atom. The molecule has 0 aliphatic carbocycles. The van der Waals surface area contributed by atoms with E-state index in [1.807, 2.05) is 33.9 Å². The van der Waals surface area contributed by atoms with E-state index in [0.717, 1.165) is 4.90 Å². The van der Waals surface area contributed by atoms with Gasteiger partial charge in [-0.15, -0.1) is 5.10 Å². The quantitative estimate of drug-likeness (QED) is 0.698. The second-order valence-corrected chi connectivity index (χ2v) is 8.60. The van der Waals surface area contributed by atoms with Crippen LogP contribution in [0.25, 0.3) is 0 Å². The van der Waals surface area contributed by atoms with Gasteiger partial charge in [-0.3, -0.25) is 29.4 Å². The van der Waals surface area contributed by atoms with Crippen molar-refractivity contribution >= 4 is 29.3 Å². The van der Waals surface area contributed by atoms with Gasteiger partial charge in [0, 0.05) is 18.2 Å². The van der Waals surface area contributed by atoms with Gasteiger partial charge in [0.05, 0.1) is 22.9 Å². The van der Waals surface area contributed by atoms with Gasteiger partial charge in [0.1, 0.15) is 11.7 Å². The van der Waals surface area contributed by atoms with Crippen molar-refractivity contribution in [3.05, 3.63) is 41.2 Å². The Labute approximate surface area is 179 Å². The molecule has 3 heterocycles. The molecule has 2 aliphatic heterocycles. The van der Waals surface area contributed by atoms with Crippen molar-refractivity contribution in [2.24, 2.45) is 0 Å². The Hall–Kier alpha value is -3.56. The van der Waals surface area contributed by atoms with E-state index in [1.165, 1.54) is 0 Å². The van der Waals surface area contributed by atoms with Crippen LogP contribution in [0.15, 0.2) is 24.4 Å². The summed E-state index contributed by atoms with van der Waals surface area (Å²) in [5.74, 6) is -2.14. The third kappa shape index (κ3) is 3.47. The number of rotatable bonds is 5. The largest absolute Gasteiger partial charge is 0.374 e. The number of anilines is 1. The van der Waals surface area contributed by atoms with Crippen LogP contribution in [-0.4, -0.2) is 49.6 Å². The molecule has 1 aromatic heterocycles. The van der Waals surface area contributed by atoms with Crippen molar-refractivity contribution in [3.63, 3.8) is 0 Å². The molecule has 0 radical (unpaired) electrons. The number of amides is 4. The highest BCUT2D eigenvalue weighted by molar-refractivity contribution is 6.25. The molecule has 31 heavy (non-hydrogen) atoms. The Balaban J connectivity index is 1.65. The van der Waals surface area contributed by atoms with E-state index in [0.29, 0.717) is 11.4 Å². The molecule has 1 saturated heterocycles. The standard InChI is InChI=1S/C21H24N6O4/c1-11(2)26-10-15(24-25-26)21(3,4)23-13-7-5-6-12-17(13)20(31)27(19(12)30)14-8-9-16(28)22-18(14)29/h5-7,10-11,14,23H,8-9H2,1-4H3,(H,22,28,29). The van der Waals surface area contributed by atoms with E-state index in [1.54, 1.807) is 22.9 Å². The van der Waals surface area contributed by atoms with Crippen LogP contribution >= 0.6 is 0 Å². The van der Waals surface area contributed by atoms with Crippen molar-refractivity contribution in [1.29, 1.82) is 0 Å². The first-order valence-electron chi connectivity index (χ1n) is 10.1. The van der Waals surface area contributed by atoms with Gasteiger partial charge in [-0.25, -0.2) is 4.68 Å². The zero-order chi connectivity index (χ0) is 22.5. The average molecular weight is 424 g/mol. The lowest BCUT2D eigenvalue weighted by Gasteiger charge is -2.28. The highest BCUT2D eigenvalue weighted by atomic mass is 16.2. The van der Waals surface area contributed by atoms with E-state index < -0.39 is 35.2 Å². The van der Waals surface area contributed by atoms with Gasteiger partial charge in [-0.2, -0.15) is 0 Å². The van der Waals surface area contributed by atoms with Crippen molar-refractivity contribution in [1.82, 2.24) is 25.2 Å². The molecular weight excluding hydrogens is 400 g/mol. The molecule has 2 aromatic rings. The van der Waals surface area contributed by atoms with E-state index in [2.05, 4.69) is 20.9 Å². The van der Waals surface area contributed by atoms with Crippen molar-refractivity contribution in [2.45, 2.75) is 58.2 Å². The van der Waals surface area contributed by atoms with Gasteiger partial charge in [0.25, 0.3) is 11.8 Å². The minimum Gasteiger partial charge on any atom is -0.374 e. The second-order valence-electron chi connectivity index (χ2n) is 8.60. The maximum Gasteiger partial charge on any atom is 0.264 e. The SMILES string of the molecule is CC(C)n1cc(C(C)(C)Nc2cccc3c2C(=O)N(C2CCC(=O)NC2=O)C3=O)nn1. The summed E-state index contributed by atoms with van der Waals surface area (Å²) in [6.45, 7) is 7.80. The third-order valence-electron chi connectivity index (χ3n) is 5.60. The summed E-state index contributed by atoms with van der Waals surface area (Å²) < 4.78 is 1.74. The zero-order valence-electron chi connectivity index (χ0n) is 17.8. The number of carbonyl (C=O) groups excluding carboxylic acids is 4. The molecule has 4 amide bonds. The highest BCUT2D eigenvalue weighted by Gasteiger charge is 2.46. The van der Waals surface area contributed by atoms with Crippen LogP contribution in [0.1, 0.15) is 73.0 Å². The molecule has 10 heteroatoms. The van der Waals surface area contributed by atoms with Gasteiger partial charge in [-0.05, 0) is 46.2 Å². The minimum absolute atomic E-state index is 0.0768. The summed E-state index contributed by atoms with van der Waals surface area (Å²) in [7, 11) is 0. The van der Waals surface area contributed by atoms with Gasteiger partial charge < -0.3 is 5.32 Å². The lowest BCUT2D eigenvalue weighted by atomic mass is 9.99. The number of piperidine rings is 1. The van der Waals surface area contributed by atoms with Gasteiger partial charge >= 0.3 is 0 Å². The van der Waals surface area contributed by atoms with Crippen molar-refractivity contribution in [3.8, 4) is 0 Å². The lowest BCUT2D eigenvalue weighted by molar-refractivity contribution is -0.136. The fourth-order valence-electron chi connectivity index (χ4n) is 3.84. The summed E-state index contributed by atoms with van der Waals surface area (Å²) in [4.78, 5) is 50.9. The molecule has 0 bridgehead atoms.